The third kappa shape index (κ3) is 6.28. The van der Waals surface area contributed by atoms with Crippen molar-refractivity contribution in [3.8, 4) is 5.88 Å². The number of pyridine rings is 1. The van der Waals surface area contributed by atoms with E-state index in [-0.39, 0.29) is 17.3 Å². The molecule has 0 spiro atoms. The molecule has 0 aliphatic rings. The summed E-state index contributed by atoms with van der Waals surface area (Å²) in [6, 6.07) is 3.70. The number of alkyl halides is 2. The molecule has 0 bridgehead atoms. The van der Waals surface area contributed by atoms with Gasteiger partial charge in [0.05, 0.1) is 0 Å². The highest BCUT2D eigenvalue weighted by molar-refractivity contribution is 5.26. The third-order valence-corrected chi connectivity index (χ3v) is 2.65. The molecule has 0 unspecified atom stereocenters. The van der Waals surface area contributed by atoms with Crippen LogP contribution in [0, 0.1) is 0 Å². The molecular formula is C15H24F2N2O. The van der Waals surface area contributed by atoms with Crippen LogP contribution in [0.2, 0.25) is 0 Å². The molecule has 3 nitrogen and oxygen atoms in total. The normalized spacial score (nSPS) is 12.2. The van der Waals surface area contributed by atoms with Crippen LogP contribution in [0.25, 0.3) is 0 Å². The van der Waals surface area contributed by atoms with Gasteiger partial charge < -0.3 is 10.1 Å². The Hall–Kier alpha value is -1.23. The smallest absolute Gasteiger partial charge is 0.272 e. The molecule has 0 aliphatic carbocycles. The van der Waals surface area contributed by atoms with Gasteiger partial charge in [0.25, 0.3) is 6.43 Å². The number of hydrogen-bond donors (Lipinski definition) is 1. The summed E-state index contributed by atoms with van der Waals surface area (Å²) in [6.07, 6.45) is -2.49. The molecule has 1 N–H and O–H groups in total. The highest BCUT2D eigenvalue weighted by Gasteiger charge is 2.12. The number of nitrogens with zero attached hydrogens (tertiary/aromatic N) is 1. The van der Waals surface area contributed by atoms with Crippen LogP contribution < -0.4 is 10.1 Å². The molecular weight excluding hydrogens is 262 g/mol. The zero-order valence-electron chi connectivity index (χ0n) is 12.8. The van der Waals surface area contributed by atoms with Crippen molar-refractivity contribution in [3.63, 3.8) is 0 Å². The lowest BCUT2D eigenvalue weighted by molar-refractivity contribution is 0.0794. The number of halogens is 2. The molecule has 1 aromatic heterocycles. The van der Waals surface area contributed by atoms with E-state index in [4.69, 9.17) is 4.74 Å². The molecule has 0 radical (unpaired) electrons. The van der Waals surface area contributed by atoms with Crippen molar-refractivity contribution in [1.29, 1.82) is 0 Å². The van der Waals surface area contributed by atoms with Crippen LogP contribution in [0.1, 0.15) is 51.8 Å². The SMILES string of the molecule is CC(C)c1cc(CNC(C)(C)C)cc(OCC(F)F)n1. The van der Waals surface area contributed by atoms with Gasteiger partial charge >= 0.3 is 0 Å². The van der Waals surface area contributed by atoms with E-state index < -0.39 is 13.0 Å². The second kappa shape index (κ2) is 6.97. The van der Waals surface area contributed by atoms with Gasteiger partial charge in [-0.25, -0.2) is 13.8 Å². The molecule has 20 heavy (non-hydrogen) atoms. The maximum absolute atomic E-state index is 12.2. The molecule has 5 heteroatoms. The Bertz CT molecular complexity index is 428. The standard InChI is InChI=1S/C15H24F2N2O/c1-10(2)12-6-11(8-18-15(3,4)5)7-14(19-12)20-9-13(16)17/h6-7,10,13,18H,8-9H2,1-5H3. The molecule has 0 saturated carbocycles. The van der Waals surface area contributed by atoms with Gasteiger partial charge in [-0.15, -0.1) is 0 Å². The monoisotopic (exact) mass is 286 g/mol. The van der Waals surface area contributed by atoms with E-state index in [1.54, 1.807) is 6.07 Å². The summed E-state index contributed by atoms with van der Waals surface area (Å²) < 4.78 is 29.5. The minimum absolute atomic E-state index is 0.00867. The summed E-state index contributed by atoms with van der Waals surface area (Å²) in [5, 5.41) is 3.36. The first-order valence-corrected chi connectivity index (χ1v) is 6.84. The fourth-order valence-corrected chi connectivity index (χ4v) is 1.57. The summed E-state index contributed by atoms with van der Waals surface area (Å²) in [6.45, 7) is 10.3. The molecule has 1 rings (SSSR count). The quantitative estimate of drug-likeness (QED) is 0.865. The molecule has 1 heterocycles. The van der Waals surface area contributed by atoms with Gasteiger partial charge in [0.1, 0.15) is 0 Å². The lowest BCUT2D eigenvalue weighted by atomic mass is 10.1. The van der Waals surface area contributed by atoms with Gasteiger partial charge in [-0.05, 0) is 38.3 Å². The van der Waals surface area contributed by atoms with Gasteiger partial charge in [-0.2, -0.15) is 0 Å². The predicted octanol–water partition coefficient (Wildman–Crippen LogP) is 3.74. The van der Waals surface area contributed by atoms with Gasteiger partial charge in [0, 0.05) is 23.8 Å². The van der Waals surface area contributed by atoms with Crippen LogP contribution in [0.3, 0.4) is 0 Å². The molecule has 0 aliphatic heterocycles. The number of hydrogen-bond acceptors (Lipinski definition) is 3. The summed E-state index contributed by atoms with van der Waals surface area (Å²) in [5.41, 5.74) is 1.83. The maximum Gasteiger partial charge on any atom is 0.272 e. The number of nitrogens with one attached hydrogen (secondary N) is 1. The van der Waals surface area contributed by atoms with Crippen molar-refractivity contribution in [2.75, 3.05) is 6.61 Å². The Morgan fingerprint density at radius 2 is 1.90 bits per heavy atom. The topological polar surface area (TPSA) is 34.1 Å². The van der Waals surface area contributed by atoms with E-state index >= 15 is 0 Å². The third-order valence-electron chi connectivity index (χ3n) is 2.65. The summed E-state index contributed by atoms with van der Waals surface area (Å²) in [4.78, 5) is 4.27. The van der Waals surface area contributed by atoms with Crippen molar-refractivity contribution < 1.29 is 13.5 Å². The van der Waals surface area contributed by atoms with Crippen molar-refractivity contribution in [2.45, 2.75) is 59.0 Å². The number of aromatic nitrogens is 1. The van der Waals surface area contributed by atoms with Gasteiger partial charge in [-0.1, -0.05) is 13.8 Å². The first-order valence-electron chi connectivity index (χ1n) is 6.84. The Balaban J connectivity index is 2.87. The van der Waals surface area contributed by atoms with E-state index in [0.29, 0.717) is 6.54 Å². The van der Waals surface area contributed by atoms with Crippen molar-refractivity contribution >= 4 is 0 Å². The summed E-state index contributed by atoms with van der Waals surface area (Å²) in [5.74, 6) is 0.487. The van der Waals surface area contributed by atoms with E-state index in [2.05, 4.69) is 31.1 Å². The minimum Gasteiger partial charge on any atom is -0.472 e. The Kier molecular flexibility index (Phi) is 5.87. The minimum atomic E-state index is -2.49. The largest absolute Gasteiger partial charge is 0.472 e. The first kappa shape index (κ1) is 16.8. The second-order valence-electron chi connectivity index (χ2n) is 6.20. The molecule has 0 atom stereocenters. The Morgan fingerprint density at radius 1 is 1.25 bits per heavy atom. The lowest BCUT2D eigenvalue weighted by Crippen LogP contribution is -2.35. The van der Waals surface area contributed by atoms with E-state index in [9.17, 15) is 8.78 Å². The Morgan fingerprint density at radius 3 is 2.40 bits per heavy atom. The van der Waals surface area contributed by atoms with E-state index in [1.165, 1.54) is 0 Å². The summed E-state index contributed by atoms with van der Waals surface area (Å²) >= 11 is 0. The molecule has 0 fully saturated rings. The first-order chi connectivity index (χ1) is 9.17. The van der Waals surface area contributed by atoms with Crippen LogP contribution in [-0.2, 0) is 6.54 Å². The second-order valence-corrected chi connectivity index (χ2v) is 6.20. The fraction of sp³-hybridized carbons (Fsp3) is 0.667. The van der Waals surface area contributed by atoms with Crippen LogP contribution in [-0.4, -0.2) is 23.6 Å². The average Bonchev–Trinajstić information content (AvgIpc) is 2.33. The lowest BCUT2D eigenvalue weighted by Gasteiger charge is -2.21. The van der Waals surface area contributed by atoms with Crippen LogP contribution in [0.5, 0.6) is 5.88 Å². The zero-order valence-corrected chi connectivity index (χ0v) is 12.8. The van der Waals surface area contributed by atoms with Crippen LogP contribution in [0.15, 0.2) is 12.1 Å². The molecule has 114 valence electrons. The van der Waals surface area contributed by atoms with E-state index in [1.807, 2.05) is 19.9 Å². The van der Waals surface area contributed by atoms with E-state index in [0.717, 1.165) is 11.3 Å². The predicted molar refractivity (Wildman–Crippen MR) is 76.4 cm³/mol. The summed E-state index contributed by atoms with van der Waals surface area (Å²) in [7, 11) is 0. The van der Waals surface area contributed by atoms with Gasteiger partial charge in [0.15, 0.2) is 6.61 Å². The number of ether oxygens (including phenoxy) is 1. The van der Waals surface area contributed by atoms with Crippen molar-refractivity contribution in [3.05, 3.63) is 23.4 Å². The molecule has 0 amide bonds. The Labute approximate surface area is 119 Å². The highest BCUT2D eigenvalue weighted by atomic mass is 19.3. The maximum atomic E-state index is 12.2. The van der Waals surface area contributed by atoms with Crippen molar-refractivity contribution in [1.82, 2.24) is 10.3 Å². The fourth-order valence-electron chi connectivity index (χ4n) is 1.57. The average molecular weight is 286 g/mol. The van der Waals surface area contributed by atoms with Gasteiger partial charge in [-0.3, -0.25) is 0 Å². The highest BCUT2D eigenvalue weighted by Crippen LogP contribution is 2.20. The molecule has 0 aromatic carbocycles. The molecule has 0 saturated heterocycles. The number of rotatable bonds is 6. The van der Waals surface area contributed by atoms with Gasteiger partial charge in [0.2, 0.25) is 5.88 Å². The van der Waals surface area contributed by atoms with Crippen LogP contribution in [0.4, 0.5) is 8.78 Å². The van der Waals surface area contributed by atoms with Crippen molar-refractivity contribution in [2.24, 2.45) is 0 Å². The van der Waals surface area contributed by atoms with Crippen LogP contribution >= 0.6 is 0 Å². The molecule has 1 aromatic rings. The zero-order chi connectivity index (χ0) is 15.3.